The molecule has 3 rings (SSSR count). The van der Waals surface area contributed by atoms with Crippen LogP contribution in [0.15, 0.2) is 40.2 Å². The van der Waals surface area contributed by atoms with Crippen molar-refractivity contribution in [2.24, 2.45) is 0 Å². The van der Waals surface area contributed by atoms with E-state index in [1.807, 2.05) is 47.8 Å². The Labute approximate surface area is 167 Å². The average Bonchev–Trinajstić information content (AvgIpc) is 3.25. The number of thioether (sulfide) groups is 2. The second-order valence-corrected chi connectivity index (χ2v) is 10.7. The number of likely N-dealkylation sites (N-methyl/N-ethyl adjacent to an activating group) is 1. The van der Waals surface area contributed by atoms with Crippen molar-refractivity contribution in [3.63, 3.8) is 0 Å². The van der Waals surface area contributed by atoms with Crippen LogP contribution in [0.25, 0.3) is 0 Å². The van der Waals surface area contributed by atoms with E-state index in [1.54, 1.807) is 13.1 Å². The van der Waals surface area contributed by atoms with Crippen LogP contribution in [-0.2, 0) is 4.79 Å². The Balaban J connectivity index is 1.58. The Bertz CT molecular complexity index is 775. The van der Waals surface area contributed by atoms with Crippen molar-refractivity contribution in [1.29, 1.82) is 0 Å². The molecule has 0 aliphatic carbocycles. The number of amides is 2. The standard InChI is InChI=1S/C17H17BrN2O2S3/c1-20(16(22)13-5-6-14(18)25-13)10-15(21)19-12-4-2-3-11(9-12)17-23-7-8-24-17/h2-6,9,17H,7-8,10H2,1H3,(H,19,21). The fourth-order valence-corrected chi connectivity index (χ4v) is 6.64. The number of rotatable bonds is 5. The van der Waals surface area contributed by atoms with E-state index in [0.29, 0.717) is 9.46 Å². The van der Waals surface area contributed by atoms with E-state index in [4.69, 9.17) is 0 Å². The molecule has 1 saturated heterocycles. The molecule has 1 aliphatic rings. The summed E-state index contributed by atoms with van der Waals surface area (Å²) in [6.45, 7) is 0.0194. The molecule has 1 aromatic carbocycles. The molecule has 25 heavy (non-hydrogen) atoms. The maximum Gasteiger partial charge on any atom is 0.264 e. The van der Waals surface area contributed by atoms with Crippen LogP contribution in [0.5, 0.6) is 0 Å². The molecule has 2 amide bonds. The fourth-order valence-electron chi connectivity index (χ4n) is 2.42. The first-order chi connectivity index (χ1) is 12.0. The molecular formula is C17H17BrN2O2S3. The molecule has 0 unspecified atom stereocenters. The first kappa shape index (κ1) is 18.8. The third kappa shape index (κ3) is 5.03. The van der Waals surface area contributed by atoms with Gasteiger partial charge in [-0.25, -0.2) is 0 Å². The second kappa shape index (κ2) is 8.62. The highest BCUT2D eigenvalue weighted by Gasteiger charge is 2.19. The molecule has 1 fully saturated rings. The van der Waals surface area contributed by atoms with Gasteiger partial charge in [0.15, 0.2) is 0 Å². The molecule has 0 radical (unpaired) electrons. The number of benzene rings is 1. The Morgan fingerprint density at radius 3 is 2.68 bits per heavy atom. The van der Waals surface area contributed by atoms with Crippen molar-refractivity contribution in [2.45, 2.75) is 4.58 Å². The van der Waals surface area contributed by atoms with Crippen molar-refractivity contribution < 1.29 is 9.59 Å². The molecule has 1 aromatic heterocycles. The highest BCUT2D eigenvalue weighted by atomic mass is 79.9. The quantitative estimate of drug-likeness (QED) is 0.707. The molecule has 1 aliphatic heterocycles. The number of carbonyl (C=O) groups is 2. The summed E-state index contributed by atoms with van der Waals surface area (Å²) >= 11 is 8.57. The summed E-state index contributed by atoms with van der Waals surface area (Å²) in [6.07, 6.45) is 0. The van der Waals surface area contributed by atoms with Gasteiger partial charge in [0.1, 0.15) is 0 Å². The van der Waals surface area contributed by atoms with Crippen molar-refractivity contribution in [3.8, 4) is 0 Å². The molecule has 2 heterocycles. The largest absolute Gasteiger partial charge is 0.332 e. The van der Waals surface area contributed by atoms with Crippen LogP contribution in [0.3, 0.4) is 0 Å². The van der Waals surface area contributed by atoms with Gasteiger partial charge in [-0.2, -0.15) is 0 Å². The molecule has 132 valence electrons. The van der Waals surface area contributed by atoms with Gasteiger partial charge >= 0.3 is 0 Å². The van der Waals surface area contributed by atoms with Gasteiger partial charge in [0.25, 0.3) is 5.91 Å². The number of hydrogen-bond acceptors (Lipinski definition) is 5. The highest BCUT2D eigenvalue weighted by molar-refractivity contribution is 9.11. The first-order valence-corrected chi connectivity index (χ1v) is 11.4. The Morgan fingerprint density at radius 2 is 2.00 bits per heavy atom. The minimum Gasteiger partial charge on any atom is -0.332 e. The molecule has 4 nitrogen and oxygen atoms in total. The zero-order chi connectivity index (χ0) is 17.8. The smallest absolute Gasteiger partial charge is 0.264 e. The molecule has 1 N–H and O–H groups in total. The lowest BCUT2D eigenvalue weighted by Crippen LogP contribution is -2.34. The number of nitrogens with one attached hydrogen (secondary N) is 1. The van der Waals surface area contributed by atoms with Crippen molar-refractivity contribution >= 4 is 68.3 Å². The van der Waals surface area contributed by atoms with Gasteiger partial charge in [-0.3, -0.25) is 9.59 Å². The number of halogens is 1. The van der Waals surface area contributed by atoms with Gasteiger partial charge in [0, 0.05) is 24.2 Å². The van der Waals surface area contributed by atoms with Crippen LogP contribution < -0.4 is 5.32 Å². The van der Waals surface area contributed by atoms with E-state index >= 15 is 0 Å². The SMILES string of the molecule is CN(CC(=O)Nc1cccc(C2SCCS2)c1)C(=O)c1ccc(Br)s1. The fraction of sp³-hybridized carbons (Fsp3) is 0.294. The summed E-state index contributed by atoms with van der Waals surface area (Å²) in [5, 5.41) is 2.89. The summed E-state index contributed by atoms with van der Waals surface area (Å²) < 4.78 is 1.34. The number of hydrogen-bond donors (Lipinski definition) is 1. The topological polar surface area (TPSA) is 49.4 Å². The highest BCUT2D eigenvalue weighted by Crippen LogP contribution is 2.45. The summed E-state index contributed by atoms with van der Waals surface area (Å²) in [4.78, 5) is 26.6. The van der Waals surface area contributed by atoms with Crippen LogP contribution >= 0.6 is 50.8 Å². The van der Waals surface area contributed by atoms with Gasteiger partial charge in [-0.15, -0.1) is 34.9 Å². The lowest BCUT2D eigenvalue weighted by Gasteiger charge is -2.16. The zero-order valence-corrected chi connectivity index (χ0v) is 17.6. The van der Waals surface area contributed by atoms with Gasteiger partial charge in [-0.1, -0.05) is 12.1 Å². The average molecular weight is 457 g/mol. The van der Waals surface area contributed by atoms with Crippen LogP contribution in [0.4, 0.5) is 5.69 Å². The van der Waals surface area contributed by atoms with Crippen LogP contribution in [-0.4, -0.2) is 41.8 Å². The number of anilines is 1. The minimum absolute atomic E-state index is 0.0194. The predicted octanol–water partition coefficient (Wildman–Crippen LogP) is 4.70. The maximum atomic E-state index is 12.3. The Kier molecular flexibility index (Phi) is 6.49. The number of nitrogens with zero attached hydrogens (tertiary/aromatic N) is 1. The van der Waals surface area contributed by atoms with E-state index < -0.39 is 0 Å². The van der Waals surface area contributed by atoms with Crippen LogP contribution in [0.1, 0.15) is 19.8 Å². The van der Waals surface area contributed by atoms with Gasteiger partial charge in [0.2, 0.25) is 5.91 Å². The van der Waals surface area contributed by atoms with E-state index in [1.165, 1.54) is 21.8 Å². The third-order valence-corrected chi connectivity index (χ3v) is 8.29. The molecule has 0 spiro atoms. The molecule has 0 bridgehead atoms. The molecule has 0 atom stereocenters. The van der Waals surface area contributed by atoms with E-state index in [9.17, 15) is 9.59 Å². The Hall–Kier alpha value is -0.960. The van der Waals surface area contributed by atoms with Crippen molar-refractivity contribution in [1.82, 2.24) is 4.90 Å². The zero-order valence-electron chi connectivity index (χ0n) is 13.5. The summed E-state index contributed by atoms with van der Waals surface area (Å²) in [5.74, 6) is 1.98. The van der Waals surface area contributed by atoms with Gasteiger partial charge < -0.3 is 10.2 Å². The summed E-state index contributed by atoms with van der Waals surface area (Å²) in [5.41, 5.74) is 1.99. The monoisotopic (exact) mass is 456 g/mol. The lowest BCUT2D eigenvalue weighted by atomic mass is 10.2. The van der Waals surface area contributed by atoms with E-state index in [-0.39, 0.29) is 18.4 Å². The van der Waals surface area contributed by atoms with E-state index in [0.717, 1.165) is 21.0 Å². The summed E-state index contributed by atoms with van der Waals surface area (Å²) in [6, 6.07) is 11.5. The van der Waals surface area contributed by atoms with Gasteiger partial charge in [-0.05, 0) is 45.8 Å². The second-order valence-electron chi connectivity index (χ2n) is 5.51. The molecule has 0 saturated carbocycles. The summed E-state index contributed by atoms with van der Waals surface area (Å²) in [7, 11) is 1.64. The molecule has 8 heteroatoms. The normalized spacial score (nSPS) is 14.5. The Morgan fingerprint density at radius 1 is 1.24 bits per heavy atom. The predicted molar refractivity (Wildman–Crippen MR) is 112 cm³/mol. The van der Waals surface area contributed by atoms with Crippen LogP contribution in [0.2, 0.25) is 0 Å². The van der Waals surface area contributed by atoms with Crippen molar-refractivity contribution in [2.75, 3.05) is 30.4 Å². The third-order valence-electron chi connectivity index (χ3n) is 3.58. The van der Waals surface area contributed by atoms with E-state index in [2.05, 4.69) is 27.3 Å². The number of thiophene rings is 1. The maximum absolute atomic E-state index is 12.3. The van der Waals surface area contributed by atoms with Gasteiger partial charge in [0.05, 0.1) is 19.8 Å². The number of carbonyl (C=O) groups excluding carboxylic acids is 2. The molecule has 2 aromatic rings. The lowest BCUT2D eigenvalue weighted by molar-refractivity contribution is -0.116. The first-order valence-electron chi connectivity index (χ1n) is 7.67. The van der Waals surface area contributed by atoms with Crippen molar-refractivity contribution in [3.05, 3.63) is 50.6 Å². The molecular weight excluding hydrogens is 440 g/mol. The van der Waals surface area contributed by atoms with Crippen LogP contribution in [0, 0.1) is 0 Å². The minimum atomic E-state index is -0.199.